The molecule has 2 heteroatoms. The van der Waals surface area contributed by atoms with Crippen molar-refractivity contribution < 1.29 is 0 Å². The van der Waals surface area contributed by atoms with Gasteiger partial charge in [0.15, 0.2) is 0 Å². The fourth-order valence-corrected chi connectivity index (χ4v) is 2.67. The minimum atomic E-state index is 1.33. The molecule has 2 aromatic rings. The molecule has 2 aromatic carbocycles. The van der Waals surface area contributed by atoms with Gasteiger partial charge in [-0.3, -0.25) is 0 Å². The molecule has 0 bridgehead atoms. The van der Waals surface area contributed by atoms with E-state index in [2.05, 4.69) is 64.2 Å². The lowest BCUT2D eigenvalue weighted by Crippen LogP contribution is -2.04. The summed E-state index contributed by atoms with van der Waals surface area (Å²) in [6.45, 7) is 4.31. The summed E-state index contributed by atoms with van der Waals surface area (Å²) in [5, 5.41) is 0. The van der Waals surface area contributed by atoms with E-state index in [1.54, 1.807) is 0 Å². The molecule has 0 fully saturated rings. The summed E-state index contributed by atoms with van der Waals surface area (Å²) in [4.78, 5) is 2.69. The lowest BCUT2D eigenvalue weighted by molar-refractivity contribution is 1.26. The highest BCUT2D eigenvalue weighted by atomic mass is 32.2. The molecular formula is C14H15BS. The average Bonchev–Trinajstić information content (AvgIpc) is 2.25. The van der Waals surface area contributed by atoms with Gasteiger partial charge in [-0.05, 0) is 31.5 Å². The number of hydrogen-bond donors (Lipinski definition) is 0. The quantitative estimate of drug-likeness (QED) is 0.709. The number of aryl methyl sites for hydroxylation is 2. The van der Waals surface area contributed by atoms with Gasteiger partial charge in [-0.15, -0.1) is 0 Å². The largest absolute Gasteiger partial charge is 0.140 e. The van der Waals surface area contributed by atoms with Crippen LogP contribution < -0.4 is 5.46 Å². The van der Waals surface area contributed by atoms with Crippen LogP contribution in [0, 0.1) is 13.8 Å². The number of hydrogen-bond acceptors (Lipinski definition) is 1. The van der Waals surface area contributed by atoms with E-state index in [1.807, 2.05) is 11.8 Å². The van der Waals surface area contributed by atoms with Crippen LogP contribution in [0.15, 0.2) is 52.3 Å². The predicted molar refractivity (Wildman–Crippen MR) is 74.7 cm³/mol. The molecule has 16 heavy (non-hydrogen) atoms. The third-order valence-electron chi connectivity index (χ3n) is 2.64. The zero-order chi connectivity index (χ0) is 11.5. The van der Waals surface area contributed by atoms with Crippen LogP contribution in [0.4, 0.5) is 0 Å². The minimum Gasteiger partial charge on any atom is -0.0904 e. The smallest absolute Gasteiger partial charge is 0.0904 e. The Bertz CT molecular complexity index is 506. The van der Waals surface area contributed by atoms with E-state index in [9.17, 15) is 0 Å². The van der Waals surface area contributed by atoms with Crippen LogP contribution in [0.2, 0.25) is 0 Å². The summed E-state index contributed by atoms with van der Waals surface area (Å²) in [5.74, 6) is 0. The van der Waals surface area contributed by atoms with Crippen LogP contribution >= 0.6 is 11.8 Å². The van der Waals surface area contributed by atoms with Crippen molar-refractivity contribution in [2.24, 2.45) is 0 Å². The molecule has 0 heterocycles. The maximum atomic E-state index is 2.24. The van der Waals surface area contributed by atoms with Crippen LogP contribution in [0.5, 0.6) is 0 Å². The molecular weight excluding hydrogens is 211 g/mol. The van der Waals surface area contributed by atoms with Crippen LogP contribution in [0.3, 0.4) is 0 Å². The molecule has 0 spiro atoms. The van der Waals surface area contributed by atoms with Gasteiger partial charge >= 0.3 is 0 Å². The number of rotatable bonds is 2. The molecule has 0 aliphatic rings. The van der Waals surface area contributed by atoms with E-state index < -0.39 is 0 Å². The van der Waals surface area contributed by atoms with Crippen LogP contribution in [0.25, 0.3) is 0 Å². The lowest BCUT2D eigenvalue weighted by Gasteiger charge is -2.08. The van der Waals surface area contributed by atoms with Crippen molar-refractivity contribution in [1.82, 2.24) is 0 Å². The molecule has 0 atom stereocenters. The van der Waals surface area contributed by atoms with Crippen molar-refractivity contribution in [2.45, 2.75) is 23.6 Å². The topological polar surface area (TPSA) is 0 Å². The second-order valence-electron chi connectivity index (χ2n) is 4.14. The van der Waals surface area contributed by atoms with Gasteiger partial charge in [0.05, 0.1) is 0 Å². The van der Waals surface area contributed by atoms with Crippen LogP contribution in [0.1, 0.15) is 11.1 Å². The van der Waals surface area contributed by atoms with Gasteiger partial charge in [-0.25, -0.2) is 0 Å². The Morgan fingerprint density at radius 1 is 0.938 bits per heavy atom. The zero-order valence-electron chi connectivity index (χ0n) is 9.95. The zero-order valence-corrected chi connectivity index (χ0v) is 10.8. The highest BCUT2D eigenvalue weighted by molar-refractivity contribution is 7.99. The molecule has 2 rings (SSSR count). The third kappa shape index (κ3) is 2.51. The van der Waals surface area contributed by atoms with Gasteiger partial charge in [0, 0.05) is 9.79 Å². The molecule has 0 aliphatic carbocycles. The first-order valence-electron chi connectivity index (χ1n) is 5.47. The van der Waals surface area contributed by atoms with Crippen molar-refractivity contribution in [1.29, 1.82) is 0 Å². The molecule has 0 nitrogen and oxygen atoms in total. The first-order chi connectivity index (χ1) is 7.66. The Morgan fingerprint density at radius 3 is 2.38 bits per heavy atom. The number of benzene rings is 2. The maximum absolute atomic E-state index is 2.24. The summed E-state index contributed by atoms with van der Waals surface area (Å²) in [6.07, 6.45) is 0. The van der Waals surface area contributed by atoms with Gasteiger partial charge in [0.25, 0.3) is 0 Å². The summed E-state index contributed by atoms with van der Waals surface area (Å²) >= 11 is 1.85. The molecule has 0 aromatic heterocycles. The van der Waals surface area contributed by atoms with Crippen molar-refractivity contribution in [3.63, 3.8) is 0 Å². The highest BCUT2D eigenvalue weighted by Crippen LogP contribution is 2.29. The van der Waals surface area contributed by atoms with Crippen molar-refractivity contribution in [2.75, 3.05) is 0 Å². The Hall–Kier alpha value is -1.15. The summed E-state index contributed by atoms with van der Waals surface area (Å²) in [5.41, 5.74) is 4.02. The van der Waals surface area contributed by atoms with Gasteiger partial charge in [0.2, 0.25) is 0 Å². The standard InChI is InChI=1S/C14H15BS/c1-10-7-8-13(11(2)9-10)16-14-6-4-3-5-12(14)15/h3-9H,15H2,1-2H3. The fraction of sp³-hybridized carbons (Fsp3) is 0.143. The van der Waals surface area contributed by atoms with Gasteiger partial charge < -0.3 is 0 Å². The van der Waals surface area contributed by atoms with E-state index in [0.717, 1.165) is 0 Å². The molecule has 0 N–H and O–H groups in total. The van der Waals surface area contributed by atoms with Gasteiger partial charge in [-0.1, -0.05) is 53.1 Å². The fourth-order valence-electron chi connectivity index (χ4n) is 1.70. The van der Waals surface area contributed by atoms with E-state index in [4.69, 9.17) is 0 Å². The second-order valence-corrected chi connectivity index (χ2v) is 5.22. The van der Waals surface area contributed by atoms with Crippen molar-refractivity contribution in [3.8, 4) is 0 Å². The Kier molecular flexibility index (Phi) is 3.40. The summed E-state index contributed by atoms with van der Waals surface area (Å²) in [6, 6.07) is 15.1. The normalized spacial score (nSPS) is 10.4. The Balaban J connectivity index is 2.31. The van der Waals surface area contributed by atoms with E-state index in [1.165, 1.54) is 26.4 Å². The molecule has 80 valence electrons. The first kappa shape index (κ1) is 11.3. The van der Waals surface area contributed by atoms with Gasteiger partial charge in [-0.2, -0.15) is 0 Å². The van der Waals surface area contributed by atoms with E-state index in [0.29, 0.717) is 0 Å². The first-order valence-corrected chi connectivity index (χ1v) is 6.29. The SMILES string of the molecule is Bc1ccccc1Sc1ccc(C)cc1C. The van der Waals surface area contributed by atoms with Gasteiger partial charge in [0.1, 0.15) is 7.85 Å². The molecule has 0 radical (unpaired) electrons. The monoisotopic (exact) mass is 226 g/mol. The van der Waals surface area contributed by atoms with E-state index in [-0.39, 0.29) is 0 Å². The Morgan fingerprint density at radius 2 is 1.69 bits per heavy atom. The molecule has 0 saturated carbocycles. The minimum absolute atomic E-state index is 1.33. The third-order valence-corrected chi connectivity index (χ3v) is 4.00. The maximum Gasteiger partial charge on any atom is 0.140 e. The Labute approximate surface area is 102 Å². The summed E-state index contributed by atoms with van der Waals surface area (Å²) < 4.78 is 0. The van der Waals surface area contributed by atoms with Crippen molar-refractivity contribution in [3.05, 3.63) is 53.6 Å². The van der Waals surface area contributed by atoms with Crippen LogP contribution in [-0.2, 0) is 0 Å². The summed E-state index contributed by atoms with van der Waals surface area (Å²) in [7, 11) is 2.16. The van der Waals surface area contributed by atoms with E-state index >= 15 is 0 Å². The second kappa shape index (κ2) is 4.79. The molecule has 0 aliphatic heterocycles. The average molecular weight is 226 g/mol. The molecule has 0 saturated heterocycles. The highest BCUT2D eigenvalue weighted by Gasteiger charge is 2.03. The predicted octanol–water partition coefficient (Wildman–Crippen LogP) is 2.71. The van der Waals surface area contributed by atoms with Crippen LogP contribution in [-0.4, -0.2) is 7.85 Å². The molecule has 0 amide bonds. The lowest BCUT2D eigenvalue weighted by atomic mass is 9.97. The molecule has 0 unspecified atom stereocenters. The van der Waals surface area contributed by atoms with Crippen molar-refractivity contribution >= 4 is 25.1 Å².